The van der Waals surface area contributed by atoms with Crippen LogP contribution in [0, 0.1) is 5.92 Å². The van der Waals surface area contributed by atoms with Crippen LogP contribution in [-0.2, 0) is 11.2 Å². The molecular weight excluding hydrogens is 212 g/mol. The van der Waals surface area contributed by atoms with Crippen molar-refractivity contribution in [3.63, 3.8) is 0 Å². The molecule has 2 rings (SSSR count). The van der Waals surface area contributed by atoms with Gasteiger partial charge in [0.05, 0.1) is 6.42 Å². The van der Waals surface area contributed by atoms with Crippen molar-refractivity contribution >= 4 is 5.91 Å². The van der Waals surface area contributed by atoms with Crippen LogP contribution in [0.15, 0.2) is 30.3 Å². The number of likely N-dealkylation sites (tertiary alicyclic amines) is 1. The summed E-state index contributed by atoms with van der Waals surface area (Å²) < 4.78 is 0. The largest absolute Gasteiger partial charge is 0.342 e. The van der Waals surface area contributed by atoms with Crippen molar-refractivity contribution in [2.24, 2.45) is 11.7 Å². The standard InChI is InChI=1S/C14H20N2O/c15-11-13-6-8-16(9-7-13)14(17)10-12-4-2-1-3-5-12/h1-5,13H,6-11,15H2. The number of rotatable bonds is 3. The zero-order chi connectivity index (χ0) is 12.1. The Bertz CT molecular complexity index is 356. The molecule has 0 aliphatic carbocycles. The summed E-state index contributed by atoms with van der Waals surface area (Å²) in [5.41, 5.74) is 6.74. The van der Waals surface area contributed by atoms with E-state index in [9.17, 15) is 4.79 Å². The first-order chi connectivity index (χ1) is 8.29. The molecule has 0 spiro atoms. The Kier molecular flexibility index (Phi) is 4.15. The summed E-state index contributed by atoms with van der Waals surface area (Å²) in [4.78, 5) is 14.0. The van der Waals surface area contributed by atoms with E-state index in [1.54, 1.807) is 0 Å². The molecule has 0 bridgehead atoms. The van der Waals surface area contributed by atoms with Crippen LogP contribution in [0.25, 0.3) is 0 Å². The first-order valence-corrected chi connectivity index (χ1v) is 6.31. The molecule has 17 heavy (non-hydrogen) atoms. The summed E-state index contributed by atoms with van der Waals surface area (Å²) in [5, 5.41) is 0. The van der Waals surface area contributed by atoms with E-state index in [1.165, 1.54) is 0 Å². The maximum atomic E-state index is 12.1. The molecule has 1 heterocycles. The highest BCUT2D eigenvalue weighted by Gasteiger charge is 2.21. The number of carbonyl (C=O) groups is 1. The van der Waals surface area contributed by atoms with Crippen LogP contribution in [0.5, 0.6) is 0 Å². The molecule has 3 heteroatoms. The Morgan fingerprint density at radius 3 is 2.47 bits per heavy atom. The molecule has 1 amide bonds. The van der Waals surface area contributed by atoms with Crippen molar-refractivity contribution in [1.29, 1.82) is 0 Å². The van der Waals surface area contributed by atoms with Gasteiger partial charge in [-0.05, 0) is 30.9 Å². The minimum atomic E-state index is 0.242. The molecule has 3 nitrogen and oxygen atoms in total. The average molecular weight is 232 g/mol. The molecule has 0 atom stereocenters. The number of hydrogen-bond acceptors (Lipinski definition) is 2. The normalized spacial score (nSPS) is 17.1. The number of nitrogens with zero attached hydrogens (tertiary/aromatic N) is 1. The first kappa shape index (κ1) is 12.1. The highest BCUT2D eigenvalue weighted by molar-refractivity contribution is 5.78. The van der Waals surface area contributed by atoms with Crippen LogP contribution < -0.4 is 5.73 Å². The van der Waals surface area contributed by atoms with E-state index < -0.39 is 0 Å². The molecule has 0 unspecified atom stereocenters. The molecule has 1 fully saturated rings. The third-order valence-electron chi connectivity index (χ3n) is 3.50. The van der Waals surface area contributed by atoms with Crippen LogP contribution >= 0.6 is 0 Å². The SMILES string of the molecule is NCC1CCN(C(=O)Cc2ccccc2)CC1. The number of benzene rings is 1. The summed E-state index contributed by atoms with van der Waals surface area (Å²) in [6.45, 7) is 2.49. The third kappa shape index (κ3) is 3.30. The van der Waals surface area contributed by atoms with Crippen molar-refractivity contribution in [1.82, 2.24) is 4.90 Å². The van der Waals surface area contributed by atoms with Crippen LogP contribution in [0.2, 0.25) is 0 Å². The Morgan fingerprint density at radius 1 is 1.24 bits per heavy atom. The van der Waals surface area contributed by atoms with Gasteiger partial charge < -0.3 is 10.6 Å². The van der Waals surface area contributed by atoms with E-state index in [4.69, 9.17) is 5.73 Å². The molecular formula is C14H20N2O. The summed E-state index contributed by atoms with van der Waals surface area (Å²) in [5.74, 6) is 0.849. The Balaban J connectivity index is 1.85. The second-order valence-corrected chi connectivity index (χ2v) is 4.72. The molecule has 2 N–H and O–H groups in total. The van der Waals surface area contributed by atoms with E-state index in [-0.39, 0.29) is 5.91 Å². The highest BCUT2D eigenvalue weighted by Crippen LogP contribution is 2.16. The van der Waals surface area contributed by atoms with Gasteiger partial charge in [-0.25, -0.2) is 0 Å². The fraction of sp³-hybridized carbons (Fsp3) is 0.500. The number of hydrogen-bond donors (Lipinski definition) is 1. The summed E-state index contributed by atoms with van der Waals surface area (Å²) in [6, 6.07) is 9.93. The van der Waals surface area contributed by atoms with E-state index in [1.807, 2.05) is 35.2 Å². The van der Waals surface area contributed by atoms with Crippen molar-refractivity contribution < 1.29 is 4.79 Å². The molecule has 1 aromatic carbocycles. The van der Waals surface area contributed by atoms with Gasteiger partial charge in [0.2, 0.25) is 5.91 Å². The monoisotopic (exact) mass is 232 g/mol. The molecule has 1 aromatic rings. The number of nitrogens with two attached hydrogens (primary N) is 1. The zero-order valence-corrected chi connectivity index (χ0v) is 10.1. The van der Waals surface area contributed by atoms with Crippen molar-refractivity contribution in [2.75, 3.05) is 19.6 Å². The Hall–Kier alpha value is -1.35. The van der Waals surface area contributed by atoms with Crippen LogP contribution in [0.1, 0.15) is 18.4 Å². The molecule has 1 saturated heterocycles. The fourth-order valence-corrected chi connectivity index (χ4v) is 2.30. The van der Waals surface area contributed by atoms with Gasteiger partial charge in [-0.15, -0.1) is 0 Å². The summed E-state index contributed by atoms with van der Waals surface area (Å²) in [6.07, 6.45) is 2.63. The lowest BCUT2D eigenvalue weighted by Crippen LogP contribution is -2.40. The van der Waals surface area contributed by atoms with Gasteiger partial charge in [-0.1, -0.05) is 30.3 Å². The molecule has 1 aliphatic heterocycles. The topological polar surface area (TPSA) is 46.3 Å². The van der Waals surface area contributed by atoms with Crippen LogP contribution in [0.4, 0.5) is 0 Å². The van der Waals surface area contributed by atoms with E-state index >= 15 is 0 Å². The van der Waals surface area contributed by atoms with Crippen LogP contribution in [0.3, 0.4) is 0 Å². The first-order valence-electron chi connectivity index (χ1n) is 6.31. The fourth-order valence-electron chi connectivity index (χ4n) is 2.30. The van der Waals surface area contributed by atoms with Gasteiger partial charge in [0.1, 0.15) is 0 Å². The lowest BCUT2D eigenvalue weighted by Gasteiger charge is -2.31. The third-order valence-corrected chi connectivity index (χ3v) is 3.50. The molecule has 92 valence electrons. The summed E-state index contributed by atoms with van der Waals surface area (Å²) in [7, 11) is 0. The van der Waals surface area contributed by atoms with Gasteiger partial charge in [0, 0.05) is 13.1 Å². The predicted molar refractivity (Wildman–Crippen MR) is 68.5 cm³/mol. The van der Waals surface area contributed by atoms with Gasteiger partial charge >= 0.3 is 0 Å². The highest BCUT2D eigenvalue weighted by atomic mass is 16.2. The quantitative estimate of drug-likeness (QED) is 0.857. The maximum absolute atomic E-state index is 12.1. The lowest BCUT2D eigenvalue weighted by molar-refractivity contribution is -0.131. The minimum absolute atomic E-state index is 0.242. The van der Waals surface area contributed by atoms with E-state index in [0.717, 1.165) is 38.0 Å². The second-order valence-electron chi connectivity index (χ2n) is 4.72. The van der Waals surface area contributed by atoms with Gasteiger partial charge in [0.15, 0.2) is 0 Å². The predicted octanol–water partition coefficient (Wildman–Crippen LogP) is 1.43. The van der Waals surface area contributed by atoms with E-state index in [0.29, 0.717) is 12.3 Å². The van der Waals surface area contributed by atoms with E-state index in [2.05, 4.69) is 0 Å². The number of piperidine rings is 1. The second kappa shape index (κ2) is 5.82. The Labute approximate surface area is 103 Å². The molecule has 0 saturated carbocycles. The van der Waals surface area contributed by atoms with Gasteiger partial charge in [-0.3, -0.25) is 4.79 Å². The van der Waals surface area contributed by atoms with Crippen molar-refractivity contribution in [2.45, 2.75) is 19.3 Å². The average Bonchev–Trinajstić information content (AvgIpc) is 2.40. The molecule has 0 aromatic heterocycles. The molecule has 0 radical (unpaired) electrons. The Morgan fingerprint density at radius 2 is 1.88 bits per heavy atom. The van der Waals surface area contributed by atoms with Gasteiger partial charge in [-0.2, -0.15) is 0 Å². The zero-order valence-electron chi connectivity index (χ0n) is 10.1. The van der Waals surface area contributed by atoms with Crippen molar-refractivity contribution in [3.05, 3.63) is 35.9 Å². The maximum Gasteiger partial charge on any atom is 0.226 e. The number of amides is 1. The summed E-state index contributed by atoms with van der Waals surface area (Å²) >= 11 is 0. The van der Waals surface area contributed by atoms with Crippen molar-refractivity contribution in [3.8, 4) is 0 Å². The lowest BCUT2D eigenvalue weighted by atomic mass is 9.96. The van der Waals surface area contributed by atoms with Gasteiger partial charge in [0.25, 0.3) is 0 Å². The van der Waals surface area contributed by atoms with Crippen LogP contribution in [-0.4, -0.2) is 30.4 Å². The minimum Gasteiger partial charge on any atom is -0.342 e. The molecule has 1 aliphatic rings. The smallest absolute Gasteiger partial charge is 0.226 e. The number of carbonyl (C=O) groups excluding carboxylic acids is 1.